The zero-order valence-corrected chi connectivity index (χ0v) is 16.8. The number of benzene rings is 2. The Morgan fingerprint density at radius 1 is 1.07 bits per heavy atom. The minimum absolute atomic E-state index is 0.531. The summed E-state index contributed by atoms with van der Waals surface area (Å²) in [4.78, 5) is 4.77. The van der Waals surface area contributed by atoms with Crippen molar-refractivity contribution in [2.75, 3.05) is 0 Å². The summed E-state index contributed by atoms with van der Waals surface area (Å²) < 4.78 is 1.97. The summed E-state index contributed by atoms with van der Waals surface area (Å²) in [5, 5.41) is 2.27. The summed E-state index contributed by atoms with van der Waals surface area (Å²) in [6, 6.07) is 21.7. The number of nitrogens with two attached hydrogens (primary N) is 2. The van der Waals surface area contributed by atoms with Crippen molar-refractivity contribution in [1.29, 1.82) is 0 Å². The van der Waals surface area contributed by atoms with Gasteiger partial charge in [0, 0.05) is 23.0 Å². The summed E-state index contributed by atoms with van der Waals surface area (Å²) >= 11 is 6.05. The Balaban J connectivity index is 1.73. The van der Waals surface area contributed by atoms with Gasteiger partial charge in [0.05, 0.1) is 23.6 Å². The molecule has 2 aromatic heterocycles. The molecule has 0 aliphatic carbocycles. The second kappa shape index (κ2) is 8.03. The molecular weight excluding hydrogens is 381 g/mol. The van der Waals surface area contributed by atoms with Crippen LogP contribution in [0.5, 0.6) is 0 Å². The summed E-state index contributed by atoms with van der Waals surface area (Å²) in [6.45, 7) is 0.550. The average Bonchev–Trinajstić information content (AvgIpc) is 3.10. The number of hydrazine groups is 1. The summed E-state index contributed by atoms with van der Waals surface area (Å²) in [5.41, 5.74) is 12.7. The van der Waals surface area contributed by atoms with E-state index in [9.17, 15) is 0 Å². The van der Waals surface area contributed by atoms with Gasteiger partial charge in [0.1, 0.15) is 13.5 Å². The van der Waals surface area contributed by atoms with E-state index in [4.69, 9.17) is 28.2 Å². The molecule has 2 aromatic carbocycles. The lowest BCUT2D eigenvalue weighted by atomic mass is 9.95. The Bertz CT molecular complexity index is 1170. The number of nitrogens with zero attached hydrogens (tertiary/aromatic N) is 3. The van der Waals surface area contributed by atoms with Crippen molar-refractivity contribution < 1.29 is 0 Å². The van der Waals surface area contributed by atoms with Gasteiger partial charge in [-0.15, -0.1) is 0 Å². The Kier molecular flexibility index (Phi) is 5.29. The average molecular weight is 402 g/mol. The molecule has 0 saturated carbocycles. The molecule has 2 heterocycles. The topological polar surface area (TPSA) is 72.6 Å². The van der Waals surface area contributed by atoms with Crippen molar-refractivity contribution in [3.8, 4) is 11.3 Å². The van der Waals surface area contributed by atoms with Gasteiger partial charge in [-0.2, -0.15) is 0 Å². The number of pyridine rings is 1. The van der Waals surface area contributed by atoms with Crippen molar-refractivity contribution in [2.24, 2.45) is 11.6 Å². The number of halogens is 1. The Morgan fingerprint density at radius 2 is 1.79 bits per heavy atom. The van der Waals surface area contributed by atoms with Crippen molar-refractivity contribution in [3.05, 3.63) is 95.4 Å². The molecule has 7 heteroatoms. The van der Waals surface area contributed by atoms with Gasteiger partial charge in [-0.1, -0.05) is 59.5 Å². The smallest absolute Gasteiger partial charge is 0.139 e. The summed E-state index contributed by atoms with van der Waals surface area (Å²) in [5.74, 6) is 6.23. The van der Waals surface area contributed by atoms with Gasteiger partial charge in [0.25, 0.3) is 0 Å². The summed E-state index contributed by atoms with van der Waals surface area (Å²) in [7, 11) is 2.06. The van der Waals surface area contributed by atoms with Crippen molar-refractivity contribution in [2.45, 2.75) is 6.54 Å². The van der Waals surface area contributed by atoms with Crippen LogP contribution in [-0.4, -0.2) is 22.2 Å². The fourth-order valence-corrected chi connectivity index (χ4v) is 3.40. The molecule has 0 saturated heterocycles. The molecule has 4 rings (SSSR count). The predicted octanol–water partition coefficient (Wildman–Crippen LogP) is 2.55. The summed E-state index contributed by atoms with van der Waals surface area (Å²) in [6.07, 6.45) is 3.69. The third-order valence-corrected chi connectivity index (χ3v) is 4.96. The fourth-order valence-electron chi connectivity index (χ4n) is 3.27. The fraction of sp³-hybridized carbons (Fsp3) is 0.0455. The van der Waals surface area contributed by atoms with Crippen LogP contribution in [-0.2, 0) is 6.54 Å². The molecule has 0 bridgehead atoms. The van der Waals surface area contributed by atoms with E-state index in [0.29, 0.717) is 17.3 Å². The van der Waals surface area contributed by atoms with Gasteiger partial charge >= 0.3 is 0 Å². The van der Waals surface area contributed by atoms with E-state index >= 15 is 0 Å². The van der Waals surface area contributed by atoms with Crippen LogP contribution in [0.2, 0.25) is 5.02 Å². The molecule has 0 atom stereocenters. The molecule has 0 spiro atoms. The SMILES string of the molecule is Bc1ccc(CN(N)/C=C(\N)c2c(-c3ccc(Cl)cc3)nc3ccccn23)cc1. The van der Waals surface area contributed by atoms with Crippen LogP contribution in [0.1, 0.15) is 11.3 Å². The highest BCUT2D eigenvalue weighted by molar-refractivity contribution is 6.32. The third kappa shape index (κ3) is 4.13. The first-order chi connectivity index (χ1) is 14.0. The van der Waals surface area contributed by atoms with Crippen LogP contribution in [0, 0.1) is 0 Å². The molecular formula is C22H21BClN5. The molecule has 0 unspecified atom stereocenters. The molecule has 0 aliphatic rings. The molecule has 4 N–H and O–H groups in total. The molecule has 0 radical (unpaired) electrons. The molecule has 144 valence electrons. The van der Waals surface area contributed by atoms with Crippen LogP contribution in [0.3, 0.4) is 0 Å². The highest BCUT2D eigenvalue weighted by atomic mass is 35.5. The molecule has 5 nitrogen and oxygen atoms in total. The highest BCUT2D eigenvalue weighted by Crippen LogP contribution is 2.29. The van der Waals surface area contributed by atoms with Gasteiger partial charge in [0.15, 0.2) is 0 Å². The van der Waals surface area contributed by atoms with Gasteiger partial charge in [0.2, 0.25) is 0 Å². The highest BCUT2D eigenvalue weighted by Gasteiger charge is 2.16. The lowest BCUT2D eigenvalue weighted by molar-refractivity contribution is 0.388. The molecule has 4 aromatic rings. The van der Waals surface area contributed by atoms with E-state index in [1.54, 1.807) is 11.2 Å². The largest absolute Gasteiger partial charge is 0.396 e. The first-order valence-corrected chi connectivity index (χ1v) is 9.66. The normalized spacial score (nSPS) is 11.7. The minimum Gasteiger partial charge on any atom is -0.396 e. The van der Waals surface area contributed by atoms with E-state index in [-0.39, 0.29) is 0 Å². The van der Waals surface area contributed by atoms with Crippen LogP contribution in [0.25, 0.3) is 22.6 Å². The predicted molar refractivity (Wildman–Crippen MR) is 122 cm³/mol. The third-order valence-electron chi connectivity index (χ3n) is 4.71. The number of fused-ring (bicyclic) bond motifs is 1. The van der Waals surface area contributed by atoms with E-state index in [1.165, 1.54) is 5.46 Å². The molecule has 0 fully saturated rings. The van der Waals surface area contributed by atoms with Crippen molar-refractivity contribution >= 4 is 36.3 Å². The number of rotatable bonds is 5. The van der Waals surface area contributed by atoms with Crippen molar-refractivity contribution in [3.63, 3.8) is 0 Å². The molecule has 0 amide bonds. The van der Waals surface area contributed by atoms with E-state index in [1.807, 2.05) is 53.1 Å². The standard InChI is InChI=1S/C22H21BClN5/c23-17-8-4-15(5-9-17)13-28(26)14-19(25)22-21(16-6-10-18(24)11-7-16)27-20-3-1-2-12-29(20)22/h1-12,14H,13,23,25-26H2/b19-14-. The lowest BCUT2D eigenvalue weighted by Crippen LogP contribution is -2.26. The first kappa shape index (κ1) is 19.1. The first-order valence-electron chi connectivity index (χ1n) is 9.29. The lowest BCUT2D eigenvalue weighted by Gasteiger charge is -2.16. The van der Waals surface area contributed by atoms with Gasteiger partial charge < -0.3 is 10.7 Å². The zero-order chi connectivity index (χ0) is 20.4. The van der Waals surface area contributed by atoms with Gasteiger partial charge in [-0.05, 0) is 29.8 Å². The maximum Gasteiger partial charge on any atom is 0.139 e. The number of aromatic nitrogens is 2. The second-order valence-electron chi connectivity index (χ2n) is 6.99. The maximum atomic E-state index is 6.50. The van der Waals surface area contributed by atoms with E-state index in [0.717, 1.165) is 28.2 Å². The van der Waals surface area contributed by atoms with Crippen LogP contribution in [0.15, 0.2) is 79.1 Å². The molecule has 29 heavy (non-hydrogen) atoms. The number of hydrogen-bond acceptors (Lipinski definition) is 4. The van der Waals surface area contributed by atoms with Crippen molar-refractivity contribution in [1.82, 2.24) is 14.4 Å². The monoisotopic (exact) mass is 401 g/mol. The van der Waals surface area contributed by atoms with Crippen LogP contribution < -0.4 is 17.0 Å². The molecule has 0 aliphatic heterocycles. The zero-order valence-electron chi connectivity index (χ0n) is 16.1. The number of hydrogen-bond donors (Lipinski definition) is 2. The van der Waals surface area contributed by atoms with E-state index < -0.39 is 0 Å². The van der Waals surface area contributed by atoms with Gasteiger partial charge in [-0.25, -0.2) is 10.8 Å². The van der Waals surface area contributed by atoms with E-state index in [2.05, 4.69) is 32.1 Å². The van der Waals surface area contributed by atoms with Crippen LogP contribution >= 0.6 is 11.6 Å². The van der Waals surface area contributed by atoms with Gasteiger partial charge in [-0.3, -0.25) is 4.40 Å². The Hall–Kier alpha value is -3.22. The second-order valence-corrected chi connectivity index (χ2v) is 7.42. The Morgan fingerprint density at radius 3 is 2.52 bits per heavy atom. The Labute approximate surface area is 175 Å². The maximum absolute atomic E-state index is 6.50. The van der Waals surface area contributed by atoms with Crippen LogP contribution in [0.4, 0.5) is 0 Å². The number of imidazole rings is 1. The quantitative estimate of drug-likeness (QED) is 0.306. The minimum atomic E-state index is 0.531.